The van der Waals surface area contributed by atoms with Crippen molar-refractivity contribution in [3.8, 4) is 5.75 Å². The third-order valence-electron chi connectivity index (χ3n) is 6.51. The molecule has 3 aromatic carbocycles. The van der Waals surface area contributed by atoms with Crippen LogP contribution in [0.5, 0.6) is 5.75 Å². The van der Waals surface area contributed by atoms with Crippen molar-refractivity contribution in [1.29, 1.82) is 0 Å². The molecule has 2 aliphatic rings. The molecule has 3 aromatic rings. The Kier molecular flexibility index (Phi) is 5.79. The standard InChI is InChI=1S/C26H25F3N2O/c27-23-13-20(32-26(28)29)11-12-24(23)30-16-21-22(17-30)25(21)31(14-18-7-3-1-4-8-18)15-19-9-5-2-6-10-19/h1-13,21-22,25-26H,14-17H2/t21-,22?,25?/m0/s1. The number of ether oxygens (including phenoxy) is 1. The van der Waals surface area contributed by atoms with E-state index in [0.717, 1.165) is 32.2 Å². The minimum Gasteiger partial charge on any atom is -0.435 e. The van der Waals surface area contributed by atoms with Gasteiger partial charge in [0.1, 0.15) is 11.6 Å². The van der Waals surface area contributed by atoms with Gasteiger partial charge >= 0.3 is 6.61 Å². The van der Waals surface area contributed by atoms with Gasteiger partial charge < -0.3 is 9.64 Å². The highest BCUT2D eigenvalue weighted by molar-refractivity contribution is 5.53. The van der Waals surface area contributed by atoms with Crippen LogP contribution in [0.2, 0.25) is 0 Å². The molecule has 2 fully saturated rings. The van der Waals surface area contributed by atoms with Crippen LogP contribution in [0.15, 0.2) is 78.9 Å². The average Bonchev–Trinajstić information content (AvgIpc) is 3.28. The number of halogens is 3. The number of anilines is 1. The molecule has 1 aliphatic carbocycles. The first-order chi connectivity index (χ1) is 15.6. The summed E-state index contributed by atoms with van der Waals surface area (Å²) in [6, 6.07) is 25.4. The van der Waals surface area contributed by atoms with Gasteiger partial charge in [-0.15, -0.1) is 0 Å². The summed E-state index contributed by atoms with van der Waals surface area (Å²) in [5.41, 5.74) is 3.02. The largest absolute Gasteiger partial charge is 0.435 e. The molecule has 2 unspecified atom stereocenters. The second-order valence-electron chi connectivity index (χ2n) is 8.59. The van der Waals surface area contributed by atoms with Gasteiger partial charge in [-0.05, 0) is 35.1 Å². The molecule has 6 heteroatoms. The Hall–Kier alpha value is -2.99. The predicted octanol–water partition coefficient (Wildman–Crippen LogP) is 5.56. The van der Waals surface area contributed by atoms with Crippen molar-refractivity contribution in [2.24, 2.45) is 11.8 Å². The molecular weight excluding hydrogens is 413 g/mol. The molecule has 0 amide bonds. The number of rotatable bonds is 8. The van der Waals surface area contributed by atoms with Gasteiger partial charge in [0.25, 0.3) is 0 Å². The fourth-order valence-electron chi connectivity index (χ4n) is 5.06. The first-order valence-corrected chi connectivity index (χ1v) is 10.9. The van der Waals surface area contributed by atoms with Crippen molar-refractivity contribution in [3.63, 3.8) is 0 Å². The Balaban J connectivity index is 1.28. The fourth-order valence-corrected chi connectivity index (χ4v) is 5.06. The lowest BCUT2D eigenvalue weighted by molar-refractivity contribution is -0.0499. The third kappa shape index (κ3) is 4.46. The predicted molar refractivity (Wildman–Crippen MR) is 118 cm³/mol. The summed E-state index contributed by atoms with van der Waals surface area (Å²) in [6.07, 6.45) is 0. The summed E-state index contributed by atoms with van der Waals surface area (Å²) in [4.78, 5) is 4.56. The van der Waals surface area contributed by atoms with E-state index in [9.17, 15) is 13.2 Å². The number of hydrogen-bond donors (Lipinski definition) is 0. The minimum atomic E-state index is -2.96. The minimum absolute atomic E-state index is 0.152. The van der Waals surface area contributed by atoms with Crippen molar-refractivity contribution < 1.29 is 17.9 Å². The van der Waals surface area contributed by atoms with Gasteiger partial charge in [-0.2, -0.15) is 8.78 Å². The zero-order valence-electron chi connectivity index (χ0n) is 17.6. The van der Waals surface area contributed by atoms with E-state index in [1.54, 1.807) is 6.07 Å². The molecule has 3 atom stereocenters. The van der Waals surface area contributed by atoms with E-state index in [-0.39, 0.29) is 5.75 Å². The van der Waals surface area contributed by atoms with Crippen molar-refractivity contribution in [2.45, 2.75) is 25.7 Å². The summed E-state index contributed by atoms with van der Waals surface area (Å²) in [5, 5.41) is 0. The molecule has 0 radical (unpaired) electrons. The Morgan fingerprint density at radius 2 is 1.41 bits per heavy atom. The monoisotopic (exact) mass is 438 g/mol. The summed E-state index contributed by atoms with van der Waals surface area (Å²) in [5.74, 6) is 0.268. The van der Waals surface area contributed by atoms with E-state index < -0.39 is 12.4 Å². The molecule has 5 rings (SSSR count). The van der Waals surface area contributed by atoms with Gasteiger partial charge in [0.2, 0.25) is 0 Å². The molecule has 3 nitrogen and oxygen atoms in total. The maximum absolute atomic E-state index is 14.5. The van der Waals surface area contributed by atoms with Crippen molar-refractivity contribution in [2.75, 3.05) is 18.0 Å². The van der Waals surface area contributed by atoms with E-state index in [4.69, 9.17) is 0 Å². The molecule has 0 spiro atoms. The summed E-state index contributed by atoms with van der Waals surface area (Å²) >= 11 is 0. The third-order valence-corrected chi connectivity index (χ3v) is 6.51. The van der Waals surface area contributed by atoms with Gasteiger partial charge in [0.05, 0.1) is 5.69 Å². The zero-order chi connectivity index (χ0) is 22.1. The van der Waals surface area contributed by atoms with Crippen LogP contribution < -0.4 is 9.64 Å². The Morgan fingerprint density at radius 3 is 1.91 bits per heavy atom. The second kappa shape index (κ2) is 8.87. The number of fused-ring (bicyclic) bond motifs is 1. The van der Waals surface area contributed by atoms with E-state index in [1.165, 1.54) is 17.2 Å². The molecule has 1 saturated heterocycles. The normalized spacial score (nSPS) is 21.8. The van der Waals surface area contributed by atoms with E-state index in [0.29, 0.717) is 23.6 Å². The lowest BCUT2D eigenvalue weighted by atomic mass is 10.1. The molecule has 1 aliphatic heterocycles. The molecule has 0 aromatic heterocycles. The van der Waals surface area contributed by atoms with E-state index >= 15 is 0 Å². The number of nitrogens with zero attached hydrogens (tertiary/aromatic N) is 2. The molecule has 0 N–H and O–H groups in total. The molecule has 32 heavy (non-hydrogen) atoms. The van der Waals surface area contributed by atoms with Crippen molar-refractivity contribution >= 4 is 5.69 Å². The number of alkyl halides is 2. The molecule has 1 heterocycles. The van der Waals surface area contributed by atoms with Crippen LogP contribution in [0, 0.1) is 17.7 Å². The lowest BCUT2D eigenvalue weighted by Crippen LogP contribution is -2.34. The van der Waals surface area contributed by atoms with Crippen LogP contribution in [0.3, 0.4) is 0 Å². The molecule has 1 saturated carbocycles. The summed E-state index contributed by atoms with van der Waals surface area (Å²) in [7, 11) is 0. The number of benzene rings is 3. The average molecular weight is 438 g/mol. The highest BCUT2D eigenvalue weighted by atomic mass is 19.3. The summed E-state index contributed by atoms with van der Waals surface area (Å²) in [6.45, 7) is 0.326. The Labute approximate surface area is 186 Å². The van der Waals surface area contributed by atoms with Gasteiger partial charge in [0, 0.05) is 38.3 Å². The van der Waals surface area contributed by atoms with Crippen molar-refractivity contribution in [3.05, 3.63) is 95.8 Å². The topological polar surface area (TPSA) is 15.7 Å². The molecule has 0 bridgehead atoms. The van der Waals surface area contributed by atoms with Crippen LogP contribution in [0.1, 0.15) is 11.1 Å². The van der Waals surface area contributed by atoms with Gasteiger partial charge in [0.15, 0.2) is 0 Å². The quantitative estimate of drug-likeness (QED) is 0.458. The molecular formula is C26H25F3N2O. The summed E-state index contributed by atoms with van der Waals surface area (Å²) < 4.78 is 43.6. The maximum Gasteiger partial charge on any atom is 0.387 e. The lowest BCUT2D eigenvalue weighted by Gasteiger charge is -2.29. The van der Waals surface area contributed by atoms with Crippen LogP contribution >= 0.6 is 0 Å². The van der Waals surface area contributed by atoms with Crippen LogP contribution in [0.4, 0.5) is 18.9 Å². The zero-order valence-corrected chi connectivity index (χ0v) is 17.6. The van der Waals surface area contributed by atoms with Crippen molar-refractivity contribution in [1.82, 2.24) is 4.90 Å². The highest BCUT2D eigenvalue weighted by Crippen LogP contribution is 2.51. The Bertz CT molecular complexity index is 994. The maximum atomic E-state index is 14.5. The second-order valence-corrected chi connectivity index (χ2v) is 8.59. The first kappa shape index (κ1) is 20.9. The first-order valence-electron chi connectivity index (χ1n) is 10.9. The van der Waals surface area contributed by atoms with Gasteiger partial charge in [-0.25, -0.2) is 4.39 Å². The van der Waals surface area contributed by atoms with Gasteiger partial charge in [-0.1, -0.05) is 60.7 Å². The van der Waals surface area contributed by atoms with Gasteiger partial charge in [-0.3, -0.25) is 4.90 Å². The van der Waals surface area contributed by atoms with E-state index in [2.05, 4.69) is 58.2 Å². The SMILES string of the molecule is Fc1cc(OC(F)F)ccc1N1CC2C(N(Cc3ccccc3)Cc3ccccc3)[C@H]2C1. The Morgan fingerprint density at radius 1 is 0.844 bits per heavy atom. The van der Waals surface area contributed by atoms with Crippen LogP contribution in [0.25, 0.3) is 0 Å². The fraction of sp³-hybridized carbons (Fsp3) is 0.308. The van der Waals surface area contributed by atoms with E-state index in [1.807, 2.05) is 17.0 Å². The number of piperidine rings is 1. The number of hydrogen-bond acceptors (Lipinski definition) is 3. The smallest absolute Gasteiger partial charge is 0.387 e. The van der Waals surface area contributed by atoms with Crippen LogP contribution in [-0.4, -0.2) is 30.6 Å². The van der Waals surface area contributed by atoms with Crippen LogP contribution in [-0.2, 0) is 13.1 Å². The molecule has 166 valence electrons. The highest BCUT2D eigenvalue weighted by Gasteiger charge is 2.58.